The van der Waals surface area contributed by atoms with Gasteiger partial charge in [-0.05, 0) is 25.7 Å². The van der Waals surface area contributed by atoms with Crippen molar-refractivity contribution in [2.75, 3.05) is 24.6 Å². The van der Waals surface area contributed by atoms with E-state index in [0.29, 0.717) is 25.6 Å². The number of sulfone groups is 1. The zero-order valence-corrected chi connectivity index (χ0v) is 13.8. The number of hydrogen-bond donors (Lipinski definition) is 1. The van der Waals surface area contributed by atoms with Gasteiger partial charge in [0.1, 0.15) is 0 Å². The van der Waals surface area contributed by atoms with Gasteiger partial charge in [0.25, 0.3) is 0 Å². The molecule has 5 nitrogen and oxygen atoms in total. The van der Waals surface area contributed by atoms with Crippen molar-refractivity contribution in [3.8, 4) is 0 Å². The first-order valence-corrected chi connectivity index (χ1v) is 10.1. The van der Waals surface area contributed by atoms with E-state index in [9.17, 15) is 13.2 Å². The number of nitrogens with one attached hydrogen (secondary N) is 1. The number of carbonyl (C=O) groups is 1. The van der Waals surface area contributed by atoms with Gasteiger partial charge in [0, 0.05) is 18.6 Å². The Balaban J connectivity index is 1.89. The van der Waals surface area contributed by atoms with Crippen molar-refractivity contribution >= 4 is 15.7 Å². The Bertz CT molecular complexity index is 444. The van der Waals surface area contributed by atoms with Gasteiger partial charge >= 0.3 is 0 Å². The predicted molar refractivity (Wildman–Crippen MR) is 83.9 cm³/mol. The number of carbonyl (C=O) groups excluding carboxylic acids is 1. The molecule has 0 spiro atoms. The number of hydrogen-bond acceptors (Lipinski definition) is 4. The van der Waals surface area contributed by atoms with Gasteiger partial charge < -0.3 is 10.2 Å². The Morgan fingerprint density at radius 1 is 1.24 bits per heavy atom. The molecule has 2 aliphatic rings. The second-order valence-electron chi connectivity index (χ2n) is 6.36. The van der Waals surface area contributed by atoms with Crippen molar-refractivity contribution in [3.05, 3.63) is 0 Å². The standard InChI is InChI=1S/C15H28N2O3S/c1-2-3-9-17(14-8-10-21(19,20)12-14)15(18)11-16-13-6-4-5-7-13/h13-14,16H,2-12H2,1H3. The third kappa shape index (κ3) is 4.95. The highest BCUT2D eigenvalue weighted by atomic mass is 32.2. The second-order valence-corrected chi connectivity index (χ2v) is 8.59. The van der Waals surface area contributed by atoms with E-state index in [1.54, 1.807) is 0 Å². The van der Waals surface area contributed by atoms with Crippen molar-refractivity contribution < 1.29 is 13.2 Å². The fourth-order valence-corrected chi connectivity index (χ4v) is 5.05. The van der Waals surface area contributed by atoms with Crippen molar-refractivity contribution in [2.24, 2.45) is 0 Å². The van der Waals surface area contributed by atoms with Crippen LogP contribution in [-0.2, 0) is 14.6 Å². The topological polar surface area (TPSA) is 66.5 Å². The molecule has 1 unspecified atom stereocenters. The molecule has 1 N–H and O–H groups in total. The highest BCUT2D eigenvalue weighted by Crippen LogP contribution is 2.20. The van der Waals surface area contributed by atoms with Crippen LogP contribution in [0, 0.1) is 0 Å². The number of amides is 1. The lowest BCUT2D eigenvalue weighted by Crippen LogP contribution is -2.47. The minimum Gasteiger partial charge on any atom is -0.338 e. The SMILES string of the molecule is CCCCN(C(=O)CNC1CCCC1)C1CCS(=O)(=O)C1. The third-order valence-electron chi connectivity index (χ3n) is 4.62. The molecule has 1 aliphatic carbocycles. The molecule has 2 rings (SSSR count). The van der Waals surface area contributed by atoms with Gasteiger partial charge in [-0.2, -0.15) is 0 Å². The summed E-state index contributed by atoms with van der Waals surface area (Å²) in [6, 6.07) is 0.355. The van der Waals surface area contributed by atoms with Crippen LogP contribution in [0.25, 0.3) is 0 Å². The zero-order chi connectivity index (χ0) is 15.3. The summed E-state index contributed by atoms with van der Waals surface area (Å²) in [5.41, 5.74) is 0. The highest BCUT2D eigenvalue weighted by Gasteiger charge is 2.34. The predicted octanol–water partition coefficient (Wildman–Crippen LogP) is 1.33. The summed E-state index contributed by atoms with van der Waals surface area (Å²) in [7, 11) is -2.94. The Labute approximate surface area is 128 Å². The van der Waals surface area contributed by atoms with Gasteiger partial charge in [0.05, 0.1) is 18.1 Å². The van der Waals surface area contributed by atoms with E-state index in [1.807, 2.05) is 4.90 Å². The number of rotatable bonds is 7. The quantitative estimate of drug-likeness (QED) is 0.769. The zero-order valence-electron chi connectivity index (χ0n) is 13.0. The molecule has 1 aliphatic heterocycles. The van der Waals surface area contributed by atoms with Gasteiger partial charge in [-0.1, -0.05) is 26.2 Å². The molecular weight excluding hydrogens is 288 g/mol. The normalized spacial score (nSPS) is 25.3. The first-order chi connectivity index (χ1) is 10.0. The van der Waals surface area contributed by atoms with Crippen LogP contribution in [0.2, 0.25) is 0 Å². The third-order valence-corrected chi connectivity index (χ3v) is 6.37. The maximum absolute atomic E-state index is 12.5. The average molecular weight is 316 g/mol. The van der Waals surface area contributed by atoms with Crippen LogP contribution in [-0.4, -0.2) is 55.9 Å². The van der Waals surface area contributed by atoms with Crippen molar-refractivity contribution in [1.82, 2.24) is 10.2 Å². The lowest BCUT2D eigenvalue weighted by molar-refractivity contribution is -0.132. The van der Waals surface area contributed by atoms with Crippen LogP contribution in [0.3, 0.4) is 0 Å². The first-order valence-electron chi connectivity index (χ1n) is 8.25. The fraction of sp³-hybridized carbons (Fsp3) is 0.933. The molecule has 0 aromatic carbocycles. The monoisotopic (exact) mass is 316 g/mol. The molecule has 21 heavy (non-hydrogen) atoms. The lowest BCUT2D eigenvalue weighted by atomic mass is 10.2. The molecular formula is C15H28N2O3S. The smallest absolute Gasteiger partial charge is 0.236 e. The van der Waals surface area contributed by atoms with Crippen molar-refractivity contribution in [1.29, 1.82) is 0 Å². The summed E-state index contributed by atoms with van der Waals surface area (Å²) in [6.07, 6.45) is 7.34. The molecule has 122 valence electrons. The van der Waals surface area contributed by atoms with Gasteiger partial charge in [0.2, 0.25) is 5.91 Å². The molecule has 1 saturated carbocycles. The van der Waals surface area contributed by atoms with Crippen molar-refractivity contribution in [2.45, 2.75) is 64.0 Å². The Hall–Kier alpha value is -0.620. The highest BCUT2D eigenvalue weighted by molar-refractivity contribution is 7.91. The molecule has 0 radical (unpaired) electrons. The Morgan fingerprint density at radius 3 is 2.52 bits per heavy atom. The summed E-state index contributed by atoms with van der Waals surface area (Å²) in [5, 5.41) is 3.34. The first kappa shape index (κ1) is 16.7. The van der Waals surface area contributed by atoms with Gasteiger partial charge in [-0.25, -0.2) is 8.42 Å². The minimum atomic E-state index is -2.94. The maximum atomic E-state index is 12.5. The van der Waals surface area contributed by atoms with Crippen molar-refractivity contribution in [3.63, 3.8) is 0 Å². The summed E-state index contributed by atoms with van der Waals surface area (Å²) >= 11 is 0. The molecule has 6 heteroatoms. The Morgan fingerprint density at radius 2 is 1.95 bits per heavy atom. The van der Waals surface area contributed by atoms with Crippen LogP contribution in [0.1, 0.15) is 51.9 Å². The molecule has 0 aromatic heterocycles. The number of unbranched alkanes of at least 4 members (excludes halogenated alkanes) is 1. The molecule has 0 aromatic rings. The lowest BCUT2D eigenvalue weighted by Gasteiger charge is -2.29. The van der Waals surface area contributed by atoms with Crippen LogP contribution in [0.5, 0.6) is 0 Å². The molecule has 1 heterocycles. The summed E-state index contributed by atoms with van der Waals surface area (Å²) < 4.78 is 23.3. The van der Waals surface area contributed by atoms with Gasteiger partial charge in [-0.15, -0.1) is 0 Å². The second kappa shape index (κ2) is 7.58. The Kier molecular flexibility index (Phi) is 6.05. The van der Waals surface area contributed by atoms with E-state index in [2.05, 4.69) is 12.2 Å². The summed E-state index contributed by atoms with van der Waals surface area (Å²) in [6.45, 7) is 3.12. The van der Waals surface area contributed by atoms with E-state index in [-0.39, 0.29) is 23.5 Å². The van der Waals surface area contributed by atoms with E-state index in [1.165, 1.54) is 12.8 Å². The van der Waals surface area contributed by atoms with E-state index in [4.69, 9.17) is 0 Å². The van der Waals surface area contributed by atoms with Crippen LogP contribution < -0.4 is 5.32 Å². The van der Waals surface area contributed by atoms with Crippen LogP contribution in [0.15, 0.2) is 0 Å². The van der Waals surface area contributed by atoms with Gasteiger partial charge in [0.15, 0.2) is 9.84 Å². The fourth-order valence-electron chi connectivity index (χ4n) is 3.32. The summed E-state index contributed by atoms with van der Waals surface area (Å²) in [4.78, 5) is 14.3. The molecule has 1 atom stereocenters. The molecule has 1 amide bonds. The molecule has 2 fully saturated rings. The van der Waals surface area contributed by atoms with E-state index >= 15 is 0 Å². The van der Waals surface area contributed by atoms with Crippen LogP contribution in [0.4, 0.5) is 0 Å². The maximum Gasteiger partial charge on any atom is 0.236 e. The molecule has 1 saturated heterocycles. The summed E-state index contributed by atoms with van der Waals surface area (Å²) in [5.74, 6) is 0.438. The van der Waals surface area contributed by atoms with E-state index in [0.717, 1.165) is 25.7 Å². The molecule has 0 bridgehead atoms. The largest absolute Gasteiger partial charge is 0.338 e. The average Bonchev–Trinajstić information content (AvgIpc) is 3.06. The van der Waals surface area contributed by atoms with Crippen LogP contribution >= 0.6 is 0 Å². The minimum absolute atomic E-state index is 0.0671. The number of nitrogens with zero attached hydrogens (tertiary/aromatic N) is 1. The van der Waals surface area contributed by atoms with E-state index < -0.39 is 9.84 Å². The van der Waals surface area contributed by atoms with Gasteiger partial charge in [-0.3, -0.25) is 4.79 Å².